The first-order valence-electron chi connectivity index (χ1n) is 6.86. The Morgan fingerprint density at radius 3 is 2.79 bits per heavy atom. The van der Waals surface area contributed by atoms with E-state index in [1.165, 1.54) is 12.8 Å². The number of hydrogen-bond acceptors (Lipinski definition) is 5. The maximum absolute atomic E-state index is 12.4. The fourth-order valence-corrected chi connectivity index (χ4v) is 4.46. The summed E-state index contributed by atoms with van der Waals surface area (Å²) in [5, 5.41) is 3.75. The van der Waals surface area contributed by atoms with E-state index in [4.69, 9.17) is 4.52 Å². The molecule has 2 aliphatic rings. The standard InChI is InChI=1S/C12H19N3O3S/c1-9-13-12(18-14-9)11-3-2-7-15(11)19(16,17)8-6-10-4-5-10/h10-11H,2-8H2,1H3/t11-/m0/s1. The minimum Gasteiger partial charge on any atom is -0.338 e. The third kappa shape index (κ3) is 2.81. The van der Waals surface area contributed by atoms with E-state index in [-0.39, 0.29) is 11.8 Å². The molecule has 0 aromatic carbocycles. The molecule has 1 aromatic heterocycles. The fourth-order valence-electron chi connectivity index (χ4n) is 2.61. The summed E-state index contributed by atoms with van der Waals surface area (Å²) in [6.07, 6.45) is 4.77. The Morgan fingerprint density at radius 2 is 2.16 bits per heavy atom. The predicted octanol–water partition coefficient (Wildman–Crippen LogP) is 1.64. The van der Waals surface area contributed by atoms with E-state index in [9.17, 15) is 8.42 Å². The molecular weight excluding hydrogens is 266 g/mol. The highest BCUT2D eigenvalue weighted by atomic mass is 32.2. The van der Waals surface area contributed by atoms with Crippen molar-refractivity contribution < 1.29 is 12.9 Å². The first-order chi connectivity index (χ1) is 9.06. The number of hydrogen-bond donors (Lipinski definition) is 0. The van der Waals surface area contributed by atoms with Crippen molar-refractivity contribution in [2.75, 3.05) is 12.3 Å². The average molecular weight is 285 g/mol. The van der Waals surface area contributed by atoms with Gasteiger partial charge in [-0.2, -0.15) is 9.29 Å². The molecule has 19 heavy (non-hydrogen) atoms. The van der Waals surface area contributed by atoms with E-state index >= 15 is 0 Å². The number of sulfonamides is 1. The lowest BCUT2D eigenvalue weighted by Gasteiger charge is -2.21. The van der Waals surface area contributed by atoms with Crippen LogP contribution >= 0.6 is 0 Å². The van der Waals surface area contributed by atoms with E-state index in [0.29, 0.717) is 24.2 Å². The lowest BCUT2D eigenvalue weighted by molar-refractivity contribution is 0.289. The number of rotatable bonds is 5. The molecule has 7 heteroatoms. The Hall–Kier alpha value is -0.950. The van der Waals surface area contributed by atoms with Gasteiger partial charge in [-0.05, 0) is 32.1 Å². The summed E-state index contributed by atoms with van der Waals surface area (Å²) < 4.78 is 31.5. The minimum atomic E-state index is -3.20. The van der Waals surface area contributed by atoms with Gasteiger partial charge >= 0.3 is 0 Å². The molecule has 106 valence electrons. The number of aromatic nitrogens is 2. The Labute approximate surface area is 113 Å². The molecule has 1 saturated carbocycles. The monoisotopic (exact) mass is 285 g/mol. The highest BCUT2D eigenvalue weighted by molar-refractivity contribution is 7.89. The van der Waals surface area contributed by atoms with Crippen LogP contribution in [0.4, 0.5) is 0 Å². The van der Waals surface area contributed by atoms with Gasteiger partial charge in [0.25, 0.3) is 0 Å². The highest BCUT2D eigenvalue weighted by Crippen LogP contribution is 2.36. The van der Waals surface area contributed by atoms with Crippen LogP contribution < -0.4 is 0 Å². The Morgan fingerprint density at radius 1 is 1.37 bits per heavy atom. The van der Waals surface area contributed by atoms with Crippen molar-refractivity contribution in [3.63, 3.8) is 0 Å². The van der Waals surface area contributed by atoms with E-state index in [1.807, 2.05) is 0 Å². The van der Waals surface area contributed by atoms with Gasteiger partial charge in [0.05, 0.1) is 5.75 Å². The van der Waals surface area contributed by atoms with E-state index in [2.05, 4.69) is 10.1 Å². The maximum Gasteiger partial charge on any atom is 0.245 e. The lowest BCUT2D eigenvalue weighted by atomic mass is 10.2. The van der Waals surface area contributed by atoms with E-state index in [1.54, 1.807) is 11.2 Å². The van der Waals surface area contributed by atoms with Gasteiger partial charge in [-0.1, -0.05) is 18.0 Å². The molecule has 0 radical (unpaired) electrons. The molecule has 0 spiro atoms. The molecule has 0 N–H and O–H groups in total. The molecule has 1 atom stereocenters. The molecule has 1 saturated heterocycles. The van der Waals surface area contributed by atoms with Gasteiger partial charge in [0, 0.05) is 6.54 Å². The summed E-state index contributed by atoms with van der Waals surface area (Å²) in [5.74, 6) is 1.87. The van der Waals surface area contributed by atoms with Crippen LogP contribution in [0.15, 0.2) is 4.52 Å². The van der Waals surface area contributed by atoms with Crippen LogP contribution in [-0.2, 0) is 10.0 Å². The smallest absolute Gasteiger partial charge is 0.245 e. The summed E-state index contributed by atoms with van der Waals surface area (Å²) in [4.78, 5) is 4.18. The molecule has 2 fully saturated rings. The van der Waals surface area contributed by atoms with Crippen LogP contribution in [0, 0.1) is 12.8 Å². The van der Waals surface area contributed by atoms with Gasteiger partial charge in [-0.15, -0.1) is 0 Å². The van der Waals surface area contributed by atoms with Crippen LogP contribution in [0.3, 0.4) is 0 Å². The second kappa shape index (κ2) is 4.86. The van der Waals surface area contributed by atoms with Crippen molar-refractivity contribution in [2.45, 2.75) is 45.1 Å². The zero-order valence-corrected chi connectivity index (χ0v) is 11.9. The van der Waals surface area contributed by atoms with E-state index in [0.717, 1.165) is 19.3 Å². The number of nitrogens with zero attached hydrogens (tertiary/aromatic N) is 3. The first kappa shape index (κ1) is 13.1. The molecule has 0 bridgehead atoms. The second-order valence-electron chi connectivity index (χ2n) is 5.50. The Balaban J connectivity index is 1.74. The molecule has 0 amide bonds. The molecule has 1 aliphatic heterocycles. The van der Waals surface area contributed by atoms with Crippen molar-refractivity contribution in [3.8, 4) is 0 Å². The third-order valence-corrected chi connectivity index (χ3v) is 5.77. The minimum absolute atomic E-state index is 0.251. The lowest BCUT2D eigenvalue weighted by Crippen LogP contribution is -2.33. The molecule has 6 nitrogen and oxygen atoms in total. The van der Waals surface area contributed by atoms with Crippen molar-refractivity contribution in [2.24, 2.45) is 5.92 Å². The quantitative estimate of drug-likeness (QED) is 0.822. The zero-order valence-electron chi connectivity index (χ0n) is 11.1. The normalized spacial score (nSPS) is 25.0. The molecule has 2 heterocycles. The van der Waals surface area contributed by atoms with Gasteiger partial charge in [0.15, 0.2) is 5.82 Å². The summed E-state index contributed by atoms with van der Waals surface area (Å²) >= 11 is 0. The average Bonchev–Trinajstić information content (AvgIpc) is 2.87. The summed E-state index contributed by atoms with van der Waals surface area (Å²) in [7, 11) is -3.20. The van der Waals surface area contributed by atoms with Gasteiger partial charge in [0.1, 0.15) is 6.04 Å². The largest absolute Gasteiger partial charge is 0.338 e. The van der Waals surface area contributed by atoms with Gasteiger partial charge in [0.2, 0.25) is 15.9 Å². The molecular formula is C12H19N3O3S. The van der Waals surface area contributed by atoms with Gasteiger partial charge in [-0.25, -0.2) is 8.42 Å². The molecule has 0 unspecified atom stereocenters. The van der Waals surface area contributed by atoms with Crippen LogP contribution in [0.2, 0.25) is 0 Å². The second-order valence-corrected chi connectivity index (χ2v) is 7.54. The van der Waals surface area contributed by atoms with Crippen LogP contribution in [0.1, 0.15) is 49.9 Å². The topological polar surface area (TPSA) is 76.3 Å². The maximum atomic E-state index is 12.4. The summed E-state index contributed by atoms with van der Waals surface area (Å²) in [6, 6.07) is -0.259. The zero-order chi connectivity index (χ0) is 13.5. The van der Waals surface area contributed by atoms with Crippen molar-refractivity contribution in [3.05, 3.63) is 11.7 Å². The van der Waals surface area contributed by atoms with Crippen LogP contribution in [0.25, 0.3) is 0 Å². The van der Waals surface area contributed by atoms with Crippen LogP contribution in [0.5, 0.6) is 0 Å². The Kier molecular flexibility index (Phi) is 3.34. The van der Waals surface area contributed by atoms with Crippen molar-refractivity contribution >= 4 is 10.0 Å². The van der Waals surface area contributed by atoms with Gasteiger partial charge < -0.3 is 4.52 Å². The molecule has 1 aromatic rings. The van der Waals surface area contributed by atoms with Crippen LogP contribution in [-0.4, -0.2) is 35.2 Å². The van der Waals surface area contributed by atoms with Crippen molar-refractivity contribution in [1.82, 2.24) is 14.4 Å². The first-order valence-corrected chi connectivity index (χ1v) is 8.47. The van der Waals surface area contributed by atoms with Crippen molar-refractivity contribution in [1.29, 1.82) is 0 Å². The highest BCUT2D eigenvalue weighted by Gasteiger charge is 2.38. The molecule has 3 rings (SSSR count). The van der Waals surface area contributed by atoms with Gasteiger partial charge in [-0.3, -0.25) is 0 Å². The summed E-state index contributed by atoms with van der Waals surface area (Å²) in [5.41, 5.74) is 0. The summed E-state index contributed by atoms with van der Waals surface area (Å²) in [6.45, 7) is 2.31. The van der Waals surface area contributed by atoms with E-state index < -0.39 is 10.0 Å². The Bertz CT molecular complexity index is 550. The predicted molar refractivity (Wildman–Crippen MR) is 68.8 cm³/mol. The number of aryl methyl sites for hydroxylation is 1. The molecule has 1 aliphatic carbocycles. The SMILES string of the molecule is Cc1noc([C@@H]2CCCN2S(=O)(=O)CCC2CC2)n1. The fraction of sp³-hybridized carbons (Fsp3) is 0.833. The third-order valence-electron chi connectivity index (χ3n) is 3.87.